The Morgan fingerprint density at radius 2 is 0.766 bits per heavy atom. The minimum atomic E-state index is -0.275. The van der Waals surface area contributed by atoms with Gasteiger partial charge in [-0.1, -0.05) is 145 Å². The van der Waals surface area contributed by atoms with Crippen molar-refractivity contribution in [1.82, 2.24) is 83.0 Å². The fraction of sp³-hybridized carbons (Fsp3) is 0.878. The molecular weight excluding hydrogens is 1420 g/mol. The third kappa shape index (κ3) is 57.1. The number of likely N-dealkylation sites (N-methyl/N-ethyl adjacent to an activating group) is 2. The highest BCUT2D eigenvalue weighted by molar-refractivity contribution is 5.81. The molecule has 1 aliphatic carbocycles. The van der Waals surface area contributed by atoms with Crippen LogP contribution in [0.4, 0.5) is 0 Å². The molecule has 0 aromatic heterocycles. The van der Waals surface area contributed by atoms with E-state index in [0.29, 0.717) is 50.5 Å². The molecule has 0 bridgehead atoms. The highest BCUT2D eigenvalue weighted by atomic mass is 16.5. The van der Waals surface area contributed by atoms with Gasteiger partial charge in [0, 0.05) is 176 Å². The molecule has 0 aromatic rings. The molecule has 8 aliphatic rings. The van der Waals surface area contributed by atoms with Crippen molar-refractivity contribution in [3.05, 3.63) is 0 Å². The Balaban J connectivity index is 0. The minimum absolute atomic E-state index is 0.0625. The van der Waals surface area contributed by atoms with E-state index in [1.807, 2.05) is 157 Å². The van der Waals surface area contributed by atoms with Crippen molar-refractivity contribution in [2.45, 2.75) is 239 Å². The van der Waals surface area contributed by atoms with E-state index in [0.717, 1.165) is 105 Å². The summed E-state index contributed by atoms with van der Waals surface area (Å²) in [5.41, 5.74) is 0. The van der Waals surface area contributed by atoms with Gasteiger partial charge < -0.3 is 92.7 Å². The predicted molar refractivity (Wildman–Crippen MR) is 446 cm³/mol. The van der Waals surface area contributed by atoms with Crippen LogP contribution in [0.1, 0.15) is 203 Å². The van der Waals surface area contributed by atoms with Gasteiger partial charge in [0.25, 0.3) is 0 Å². The van der Waals surface area contributed by atoms with Crippen LogP contribution in [0.25, 0.3) is 0 Å². The van der Waals surface area contributed by atoms with Crippen molar-refractivity contribution in [3.63, 3.8) is 0 Å². The second kappa shape index (κ2) is 63.6. The number of ether oxygens (including phenoxy) is 2. The van der Waals surface area contributed by atoms with Crippen molar-refractivity contribution in [2.75, 3.05) is 172 Å². The lowest BCUT2D eigenvalue weighted by atomic mass is 9.93. The maximum Gasteiger partial charge on any atom is 0.225 e. The zero-order valence-corrected chi connectivity index (χ0v) is 73.9. The van der Waals surface area contributed by atoms with Crippen LogP contribution < -0.4 is 58.5 Å². The molecule has 0 unspecified atom stereocenters. The standard InChI is InChI=1S/C11H22N2O.C10H20N2O2.2C9H18N2O.C8H16N2O.C8H18N2O.C8H15NO.2C7H13NO2.C5H11NO/c1-10(2)11(14)12-6-9-13-7-4-3-5-8-13;1-9(2)10(13)11-3-4-12-5-7-14-8-6-12;2*1-7(2)9(12)11-6-8-4-3-5-10-8;1-6(2)8(11)9-7-4-10(3)5-7;1-7(2)8(11)9-5-6-10(3)4;1-6(2)8(10)9-7-4-3-5-7;1-5(2)7(9)8-6-3-10-4-6;1-5(2)7(10)8-3-6(9)4-8;1-4(2)5(7)6-3/h10H,3-9H2,1-2H3,(H,12,14);9H,3-8H2,1-2H3,(H,11,13);2*7-8,10H,3-6H2,1-2H3,(H,11,12);6-7H,4-5H2,1-3H3,(H,9,11);7H,5-6H2,1-4H3,(H,9,11);6-7H,3-5H2,1-2H3,(H,9,10);5-6H,3-4H2,1-2H3,(H,8,9);5-6,9H,3-4H2,1-2H3;4H,1-3H3,(H,6,7)/t;;2*8-;;;;;;/m..10....../s1. The molecule has 7 heterocycles. The monoisotopic (exact) mass is 1580 g/mol. The maximum atomic E-state index is 11.3. The molecule has 8 fully saturated rings. The summed E-state index contributed by atoms with van der Waals surface area (Å²) in [4.78, 5) is 121. The fourth-order valence-electron chi connectivity index (χ4n) is 10.5. The van der Waals surface area contributed by atoms with E-state index in [-0.39, 0.29) is 130 Å². The quantitative estimate of drug-likeness (QED) is 0.0569. The molecule has 7 aliphatic heterocycles. The molecule has 1 saturated carbocycles. The molecule has 0 spiro atoms. The molecule has 10 amide bonds. The lowest BCUT2D eigenvalue weighted by Gasteiger charge is -2.36. The van der Waals surface area contributed by atoms with E-state index in [1.54, 1.807) is 11.9 Å². The van der Waals surface area contributed by atoms with Crippen LogP contribution in [-0.4, -0.2) is 297 Å². The lowest BCUT2D eigenvalue weighted by molar-refractivity contribution is -0.144. The minimum Gasteiger partial charge on any atom is -0.389 e. The number of carbonyl (C=O) groups excluding carboxylic acids is 10. The number of nitrogens with zero attached hydrogens (tertiary/aromatic N) is 5. The number of nitrogens with one attached hydrogen (secondary N) is 11. The first-order valence-electron chi connectivity index (χ1n) is 42.0. The number of piperidine rings is 1. The first-order valence-corrected chi connectivity index (χ1v) is 42.0. The average molecular weight is 1580 g/mol. The summed E-state index contributed by atoms with van der Waals surface area (Å²) in [7, 11) is 7.67. The maximum absolute atomic E-state index is 11.3. The average Bonchev–Trinajstić information content (AvgIpc) is 1.21. The smallest absolute Gasteiger partial charge is 0.225 e. The van der Waals surface area contributed by atoms with Gasteiger partial charge in [-0.2, -0.15) is 0 Å². The van der Waals surface area contributed by atoms with Crippen LogP contribution >= 0.6 is 0 Å². The Bertz CT molecular complexity index is 2390. The number of likely N-dealkylation sites (tertiary alicyclic amines) is 3. The summed E-state index contributed by atoms with van der Waals surface area (Å²) in [6, 6.07) is 2.18. The SMILES string of the molecule is CC(C)C(=O)N1CC(O)C1.CC(C)C(=O)NC1CCC1.CC(C)C(=O)NC1CN(C)C1.CC(C)C(=O)NC1COC1.CC(C)C(=O)NCCN(C)C.CC(C)C(=O)NCCN1CCCCC1.CC(C)C(=O)NCCN1CCOCC1.CC(C)C(=O)NC[C@@H]1CCCN1.CC(C)C(=O)NC[C@H]1CCCN1.CNC(=O)C(C)C. The predicted octanol–water partition coefficient (Wildman–Crippen LogP) is 4.45. The topological polar surface area (TPSA) is 358 Å². The van der Waals surface area contributed by atoms with Gasteiger partial charge in [0.2, 0.25) is 59.1 Å². The largest absolute Gasteiger partial charge is 0.389 e. The number of carbonyl (C=O) groups is 10. The molecule has 12 N–H and O–H groups in total. The molecular formula is C82H164N16O13. The highest BCUT2D eigenvalue weighted by Gasteiger charge is 2.30. The van der Waals surface area contributed by atoms with E-state index in [2.05, 4.69) is 80.2 Å². The number of hydrogen-bond donors (Lipinski definition) is 12. The Morgan fingerprint density at radius 3 is 1.05 bits per heavy atom. The Hall–Kier alpha value is -5.66. The van der Waals surface area contributed by atoms with E-state index in [9.17, 15) is 47.9 Å². The van der Waals surface area contributed by atoms with Gasteiger partial charge in [-0.15, -0.1) is 0 Å². The Labute approximate surface area is 672 Å². The number of hydrogen-bond acceptors (Lipinski definition) is 19. The number of β-amino-alcohol motifs (C(OH)–C–C–N with tert-alkyl or cyclic N) is 1. The Morgan fingerprint density at radius 1 is 0.405 bits per heavy atom. The third-order valence-corrected chi connectivity index (χ3v) is 18.7. The van der Waals surface area contributed by atoms with Crippen LogP contribution in [0.15, 0.2) is 0 Å². The highest BCUT2D eigenvalue weighted by Crippen LogP contribution is 2.18. The van der Waals surface area contributed by atoms with Gasteiger partial charge in [0.05, 0.1) is 44.6 Å². The molecule has 0 aromatic carbocycles. The summed E-state index contributed by atoms with van der Waals surface area (Å²) in [5, 5.41) is 41.4. The molecule has 29 heteroatoms. The zero-order valence-electron chi connectivity index (χ0n) is 73.9. The second-order valence-corrected chi connectivity index (χ2v) is 33.5. The van der Waals surface area contributed by atoms with Gasteiger partial charge >= 0.3 is 0 Å². The number of morpholine rings is 1. The van der Waals surface area contributed by atoms with Gasteiger partial charge in [-0.25, -0.2) is 0 Å². The van der Waals surface area contributed by atoms with Gasteiger partial charge in [-0.05, 0) is 105 Å². The van der Waals surface area contributed by atoms with Crippen molar-refractivity contribution in [2.24, 2.45) is 59.2 Å². The molecule has 0 radical (unpaired) electrons. The summed E-state index contributed by atoms with van der Waals surface area (Å²) in [6.45, 7) is 57.3. The lowest BCUT2D eigenvalue weighted by Crippen LogP contribution is -2.58. The second-order valence-electron chi connectivity index (χ2n) is 33.5. The van der Waals surface area contributed by atoms with E-state index >= 15 is 0 Å². The molecule has 111 heavy (non-hydrogen) atoms. The fourth-order valence-corrected chi connectivity index (χ4v) is 10.5. The van der Waals surface area contributed by atoms with Gasteiger partial charge in [0.1, 0.15) is 0 Å². The number of amides is 10. The van der Waals surface area contributed by atoms with E-state index in [4.69, 9.17) is 14.6 Å². The molecule has 2 atom stereocenters. The van der Waals surface area contributed by atoms with E-state index < -0.39 is 0 Å². The number of aliphatic hydroxyl groups excluding tert-OH is 1. The molecule has 650 valence electrons. The molecule has 7 saturated heterocycles. The van der Waals surface area contributed by atoms with Crippen LogP contribution in [0.3, 0.4) is 0 Å². The van der Waals surface area contributed by atoms with Crippen molar-refractivity contribution in [3.8, 4) is 0 Å². The summed E-state index contributed by atoms with van der Waals surface area (Å²) in [6.07, 6.45) is 12.2. The number of aliphatic hydroxyl groups is 1. The van der Waals surface area contributed by atoms with E-state index in [1.165, 1.54) is 77.3 Å². The van der Waals surface area contributed by atoms with Crippen molar-refractivity contribution >= 4 is 59.1 Å². The molecule has 29 nitrogen and oxygen atoms in total. The van der Waals surface area contributed by atoms with Crippen LogP contribution in [-0.2, 0) is 57.4 Å². The molecule has 8 rings (SSSR count). The third-order valence-electron chi connectivity index (χ3n) is 18.7. The number of rotatable bonds is 26. The summed E-state index contributed by atoms with van der Waals surface area (Å²) in [5.74, 6) is 2.48. The van der Waals surface area contributed by atoms with Crippen LogP contribution in [0.5, 0.6) is 0 Å². The first-order chi connectivity index (χ1) is 52.1. The van der Waals surface area contributed by atoms with Crippen LogP contribution in [0, 0.1) is 59.2 Å². The van der Waals surface area contributed by atoms with Gasteiger partial charge in [-0.3, -0.25) is 52.8 Å². The van der Waals surface area contributed by atoms with Crippen molar-refractivity contribution in [1.29, 1.82) is 0 Å². The Kier molecular flexibility index (Phi) is 61.6. The summed E-state index contributed by atoms with van der Waals surface area (Å²) < 4.78 is 10.1. The van der Waals surface area contributed by atoms with Crippen LogP contribution in [0.2, 0.25) is 0 Å². The zero-order chi connectivity index (χ0) is 84.7. The van der Waals surface area contributed by atoms with Gasteiger partial charge in [0.15, 0.2) is 0 Å². The van der Waals surface area contributed by atoms with Crippen molar-refractivity contribution < 1.29 is 62.5 Å². The normalized spacial score (nSPS) is 18.4. The summed E-state index contributed by atoms with van der Waals surface area (Å²) >= 11 is 0. The first kappa shape index (κ1) is 107.